The third-order valence-corrected chi connectivity index (χ3v) is 13.1. The summed E-state index contributed by atoms with van der Waals surface area (Å²) in [6.07, 6.45) is 3.55. The molecule has 0 aliphatic carbocycles. The van der Waals surface area contributed by atoms with Crippen LogP contribution in [0.2, 0.25) is 0 Å². The van der Waals surface area contributed by atoms with Crippen LogP contribution in [0.15, 0.2) is 109 Å². The summed E-state index contributed by atoms with van der Waals surface area (Å²) in [7, 11) is 0. The lowest BCUT2D eigenvalue weighted by molar-refractivity contribution is 0.286. The van der Waals surface area contributed by atoms with Crippen molar-refractivity contribution in [2.75, 3.05) is 0 Å². The van der Waals surface area contributed by atoms with Crippen molar-refractivity contribution in [3.63, 3.8) is 0 Å². The number of aromatic nitrogens is 4. The smallest absolute Gasteiger partial charge is 0.145 e. The molecule has 2 aliphatic heterocycles. The van der Waals surface area contributed by atoms with Crippen LogP contribution in [0.5, 0.6) is 11.5 Å². The molecule has 0 saturated carbocycles. The maximum absolute atomic E-state index is 6.60. The van der Waals surface area contributed by atoms with E-state index in [1.165, 1.54) is 58.8 Å². The molecule has 0 spiro atoms. The minimum Gasteiger partial charge on any atom is -0.457 e. The molecule has 6 heterocycles. The van der Waals surface area contributed by atoms with Crippen molar-refractivity contribution in [3.05, 3.63) is 143 Å². The van der Waals surface area contributed by atoms with Crippen LogP contribution in [-0.4, -0.2) is 19.2 Å². The van der Waals surface area contributed by atoms with Crippen LogP contribution in [0.25, 0.3) is 53.2 Å². The number of imidazole rings is 1. The fraction of sp³-hybridized carbons (Fsp3) is 0.182. The molecular formula is C44H34N4OS. The number of rotatable bonds is 0. The fourth-order valence-electron chi connectivity index (χ4n) is 8.88. The zero-order chi connectivity index (χ0) is 33.5. The molecule has 242 valence electrons. The van der Waals surface area contributed by atoms with E-state index in [4.69, 9.17) is 14.8 Å². The molecule has 9 aromatic rings. The van der Waals surface area contributed by atoms with Crippen molar-refractivity contribution in [3.8, 4) is 17.2 Å². The number of nitrogens with zero attached hydrogens (tertiary/aromatic N) is 4. The number of thiophene rings is 1. The standard InChI is InChI=1S/C44H34N4OS/c1-43(2)34-14-8-13-32-31-18-17-30-24-33(31)42-45-35(41(44(43,3)4)48(42)40(32)34)22-26-10-6-16-37-39(26)38-25(9-5-15-36(38)50-37)21-27-19-20-47(46-27)28-11-7-12-29(23-28)49-30/h5-20,23-24H,21-22H2,1-4H3. The third kappa shape index (κ3) is 3.66. The Balaban J connectivity index is 1.28. The molecule has 8 bridgehead atoms. The SMILES string of the molecule is CC1(C)c2cccc3c4ccc5cc4c4nc(c(n4c23)C1(C)C)Cc1cccc2sc3cccc(c3c12)Cc1ccn(n1)-c1cccc(c1)O5. The van der Waals surface area contributed by atoms with Gasteiger partial charge in [-0.1, -0.05) is 76.2 Å². The highest BCUT2D eigenvalue weighted by Crippen LogP contribution is 2.53. The molecule has 2 aliphatic rings. The number of ether oxygens (including phenoxy) is 1. The molecule has 11 rings (SSSR count). The Morgan fingerprint density at radius 3 is 2.24 bits per heavy atom. The van der Waals surface area contributed by atoms with E-state index < -0.39 is 0 Å². The Hall–Kier alpha value is -5.46. The van der Waals surface area contributed by atoms with Crippen LogP contribution in [0.3, 0.4) is 0 Å². The fourth-order valence-corrected chi connectivity index (χ4v) is 10.1. The number of hydrogen-bond donors (Lipinski definition) is 0. The second-order valence-corrected chi connectivity index (χ2v) is 16.2. The topological polar surface area (TPSA) is 44.4 Å². The lowest BCUT2D eigenvalue weighted by Crippen LogP contribution is -2.44. The molecule has 0 unspecified atom stereocenters. The molecule has 50 heavy (non-hydrogen) atoms. The van der Waals surface area contributed by atoms with Gasteiger partial charge in [0.15, 0.2) is 0 Å². The first-order chi connectivity index (χ1) is 24.3. The highest BCUT2D eigenvalue weighted by molar-refractivity contribution is 7.25. The van der Waals surface area contributed by atoms with E-state index in [2.05, 4.69) is 129 Å². The minimum atomic E-state index is -0.198. The molecule has 0 saturated heterocycles. The molecule has 0 N–H and O–H groups in total. The number of fused-ring (bicyclic) bond motifs is 9. The largest absolute Gasteiger partial charge is 0.457 e. The highest BCUT2D eigenvalue weighted by atomic mass is 32.1. The number of benzene rings is 5. The molecule has 4 aromatic heterocycles. The third-order valence-electron chi connectivity index (χ3n) is 11.9. The zero-order valence-corrected chi connectivity index (χ0v) is 29.2. The van der Waals surface area contributed by atoms with Crippen molar-refractivity contribution in [2.24, 2.45) is 0 Å². The Morgan fingerprint density at radius 1 is 0.680 bits per heavy atom. The second-order valence-electron chi connectivity index (χ2n) is 15.1. The van der Waals surface area contributed by atoms with Crippen molar-refractivity contribution in [1.29, 1.82) is 0 Å². The molecule has 0 atom stereocenters. The lowest BCUT2D eigenvalue weighted by atomic mass is 9.60. The summed E-state index contributed by atoms with van der Waals surface area (Å²) >= 11 is 1.88. The van der Waals surface area contributed by atoms with Gasteiger partial charge in [0.1, 0.15) is 17.1 Å². The first-order valence-electron chi connectivity index (χ1n) is 17.4. The van der Waals surface area contributed by atoms with Gasteiger partial charge < -0.3 is 4.74 Å². The summed E-state index contributed by atoms with van der Waals surface area (Å²) in [4.78, 5) is 5.66. The maximum Gasteiger partial charge on any atom is 0.145 e. The Morgan fingerprint density at radius 2 is 1.42 bits per heavy atom. The summed E-state index contributed by atoms with van der Waals surface area (Å²) in [5.41, 5.74) is 10.4. The van der Waals surface area contributed by atoms with Gasteiger partial charge in [-0.15, -0.1) is 11.3 Å². The van der Waals surface area contributed by atoms with E-state index in [-0.39, 0.29) is 10.8 Å². The first-order valence-corrected chi connectivity index (χ1v) is 18.2. The second kappa shape index (κ2) is 9.61. The van der Waals surface area contributed by atoms with E-state index in [1.54, 1.807) is 0 Å². The van der Waals surface area contributed by atoms with Crippen molar-refractivity contribution < 1.29 is 4.74 Å². The van der Waals surface area contributed by atoms with E-state index in [0.29, 0.717) is 0 Å². The first kappa shape index (κ1) is 28.4. The van der Waals surface area contributed by atoms with Crippen molar-refractivity contribution >= 4 is 58.8 Å². The number of hydrogen-bond acceptors (Lipinski definition) is 4. The molecular weight excluding hydrogens is 633 g/mol. The lowest BCUT2D eigenvalue weighted by Gasteiger charge is -2.46. The zero-order valence-electron chi connectivity index (χ0n) is 28.4. The minimum absolute atomic E-state index is 0.128. The average molecular weight is 667 g/mol. The van der Waals surface area contributed by atoms with Gasteiger partial charge >= 0.3 is 0 Å². The number of pyridine rings is 1. The Labute approximate surface area is 293 Å². The molecule has 5 nitrogen and oxygen atoms in total. The Bertz CT molecular complexity index is 2920. The van der Waals surface area contributed by atoms with Gasteiger partial charge in [0.2, 0.25) is 0 Å². The predicted molar refractivity (Wildman–Crippen MR) is 205 cm³/mol. The van der Waals surface area contributed by atoms with Gasteiger partial charge in [-0.05, 0) is 70.6 Å². The van der Waals surface area contributed by atoms with E-state index in [0.717, 1.165) is 52.4 Å². The molecule has 5 aromatic carbocycles. The summed E-state index contributed by atoms with van der Waals surface area (Å²) < 4.78 is 13.7. The van der Waals surface area contributed by atoms with Crippen LogP contribution < -0.4 is 4.74 Å². The maximum atomic E-state index is 6.60. The predicted octanol–water partition coefficient (Wildman–Crippen LogP) is 11.1. The summed E-state index contributed by atoms with van der Waals surface area (Å²) in [6.45, 7) is 9.64. The van der Waals surface area contributed by atoms with Crippen molar-refractivity contribution in [1.82, 2.24) is 19.2 Å². The van der Waals surface area contributed by atoms with Crippen LogP contribution in [0.1, 0.15) is 61.5 Å². The summed E-state index contributed by atoms with van der Waals surface area (Å²) in [5.74, 6) is 1.56. The molecule has 0 fully saturated rings. The summed E-state index contributed by atoms with van der Waals surface area (Å²) in [5, 5.41) is 11.3. The highest BCUT2D eigenvalue weighted by Gasteiger charge is 2.48. The van der Waals surface area contributed by atoms with E-state index in [1.807, 2.05) is 28.2 Å². The average Bonchev–Trinajstić information content (AvgIpc) is 3.84. The van der Waals surface area contributed by atoms with Gasteiger partial charge in [0.25, 0.3) is 0 Å². The molecule has 6 heteroatoms. The molecule has 0 amide bonds. The van der Waals surface area contributed by atoms with Crippen LogP contribution in [0, 0.1) is 0 Å². The van der Waals surface area contributed by atoms with Crippen molar-refractivity contribution in [2.45, 2.75) is 51.4 Å². The monoisotopic (exact) mass is 666 g/mol. The van der Waals surface area contributed by atoms with Crippen LogP contribution >= 0.6 is 11.3 Å². The van der Waals surface area contributed by atoms with Crippen LogP contribution in [0.4, 0.5) is 0 Å². The summed E-state index contributed by atoms with van der Waals surface area (Å²) in [6, 6.07) is 37.2. The van der Waals surface area contributed by atoms with Gasteiger partial charge in [0, 0.05) is 66.9 Å². The van der Waals surface area contributed by atoms with E-state index >= 15 is 0 Å². The normalized spacial score (nSPS) is 15.9. The number of para-hydroxylation sites is 1. The van der Waals surface area contributed by atoms with Gasteiger partial charge in [-0.3, -0.25) is 4.40 Å². The van der Waals surface area contributed by atoms with Gasteiger partial charge in [-0.2, -0.15) is 5.10 Å². The van der Waals surface area contributed by atoms with Gasteiger partial charge in [0.05, 0.1) is 28.3 Å². The molecule has 0 radical (unpaired) electrons. The van der Waals surface area contributed by atoms with Gasteiger partial charge in [-0.25, -0.2) is 9.67 Å². The van der Waals surface area contributed by atoms with E-state index in [9.17, 15) is 0 Å². The van der Waals surface area contributed by atoms with Crippen LogP contribution in [-0.2, 0) is 23.7 Å². The Kier molecular flexibility index (Phi) is 5.46. The quantitative estimate of drug-likeness (QED) is 0.151.